The van der Waals surface area contributed by atoms with Crippen molar-refractivity contribution >= 4 is 10.1 Å². The van der Waals surface area contributed by atoms with Gasteiger partial charge in [0.05, 0.1) is 21.3 Å². The average molecular weight is 500 g/mol. The van der Waals surface area contributed by atoms with Crippen molar-refractivity contribution in [2.24, 2.45) is 0 Å². The van der Waals surface area contributed by atoms with E-state index in [9.17, 15) is 12.8 Å². The van der Waals surface area contributed by atoms with Crippen LogP contribution in [0.2, 0.25) is 0 Å². The number of rotatable bonds is 6. The lowest BCUT2D eigenvalue weighted by molar-refractivity contribution is 0.160. The summed E-state index contributed by atoms with van der Waals surface area (Å²) in [6.07, 6.45) is 1.56. The molecule has 0 bridgehead atoms. The third kappa shape index (κ3) is 4.30. The molecule has 0 amide bonds. The minimum Gasteiger partial charge on any atom is -0.493 e. The lowest BCUT2D eigenvalue weighted by Gasteiger charge is -2.41. The van der Waals surface area contributed by atoms with Crippen molar-refractivity contribution in [1.82, 2.24) is 4.90 Å². The number of benzene rings is 3. The van der Waals surface area contributed by atoms with E-state index in [1.54, 1.807) is 20.3 Å². The molecule has 184 valence electrons. The zero-order chi connectivity index (χ0) is 24.7. The van der Waals surface area contributed by atoms with Gasteiger partial charge in [-0.15, -0.1) is 0 Å². The monoisotopic (exact) mass is 499 g/mol. The molecule has 3 aromatic carbocycles. The van der Waals surface area contributed by atoms with Crippen LogP contribution in [0.5, 0.6) is 23.0 Å². The molecule has 0 spiro atoms. The Morgan fingerprint density at radius 2 is 1.51 bits per heavy atom. The summed E-state index contributed by atoms with van der Waals surface area (Å²) in [7, 11) is 0.469. The predicted molar refractivity (Wildman–Crippen MR) is 127 cm³/mol. The van der Waals surface area contributed by atoms with Gasteiger partial charge in [0.15, 0.2) is 23.0 Å². The molecule has 0 fully saturated rings. The van der Waals surface area contributed by atoms with Crippen molar-refractivity contribution in [3.8, 4) is 23.0 Å². The van der Waals surface area contributed by atoms with E-state index in [1.807, 2.05) is 18.2 Å². The van der Waals surface area contributed by atoms with Crippen LogP contribution in [0, 0.1) is 5.82 Å². The van der Waals surface area contributed by atoms with Gasteiger partial charge in [0.25, 0.3) is 0 Å². The highest BCUT2D eigenvalue weighted by Crippen LogP contribution is 2.44. The summed E-state index contributed by atoms with van der Waals surface area (Å²) in [5.41, 5.74) is 4.41. The Balaban J connectivity index is 1.51. The van der Waals surface area contributed by atoms with Gasteiger partial charge >= 0.3 is 10.1 Å². The fourth-order valence-corrected chi connectivity index (χ4v) is 5.90. The topological polar surface area (TPSA) is 74.3 Å². The van der Waals surface area contributed by atoms with E-state index < -0.39 is 15.9 Å². The van der Waals surface area contributed by atoms with Crippen LogP contribution >= 0.6 is 0 Å². The van der Waals surface area contributed by atoms with E-state index >= 15 is 0 Å². The van der Waals surface area contributed by atoms with Gasteiger partial charge in [0.2, 0.25) is 0 Å². The molecule has 0 N–H and O–H groups in total. The minimum atomic E-state index is -4.24. The quantitative estimate of drug-likeness (QED) is 0.469. The van der Waals surface area contributed by atoms with E-state index in [0.29, 0.717) is 30.2 Å². The number of methoxy groups -OCH3 is 3. The molecule has 7 nitrogen and oxygen atoms in total. The number of hydrogen-bond donors (Lipinski definition) is 0. The van der Waals surface area contributed by atoms with Crippen LogP contribution in [0.25, 0.3) is 0 Å². The maximum atomic E-state index is 13.6. The first-order valence-electron chi connectivity index (χ1n) is 11.2. The maximum Gasteiger partial charge on any atom is 0.339 e. The molecule has 9 heteroatoms. The summed E-state index contributed by atoms with van der Waals surface area (Å²) in [6.45, 7) is 1.59. The summed E-state index contributed by atoms with van der Waals surface area (Å²) in [5, 5.41) is 0. The Morgan fingerprint density at radius 1 is 0.857 bits per heavy atom. The molecule has 1 unspecified atom stereocenters. The van der Waals surface area contributed by atoms with Gasteiger partial charge in [0, 0.05) is 19.1 Å². The van der Waals surface area contributed by atoms with E-state index in [-0.39, 0.29) is 16.7 Å². The summed E-state index contributed by atoms with van der Waals surface area (Å²) >= 11 is 0. The van der Waals surface area contributed by atoms with Gasteiger partial charge in [0.1, 0.15) is 10.7 Å². The van der Waals surface area contributed by atoms with Crippen LogP contribution in [0.3, 0.4) is 0 Å². The van der Waals surface area contributed by atoms with Gasteiger partial charge in [-0.2, -0.15) is 8.42 Å². The summed E-state index contributed by atoms with van der Waals surface area (Å²) in [4.78, 5) is 2.14. The van der Waals surface area contributed by atoms with E-state index in [1.165, 1.54) is 36.4 Å². The molecule has 5 rings (SSSR count). The molecule has 0 saturated carbocycles. The third-order valence-corrected chi connectivity index (χ3v) is 7.90. The highest BCUT2D eigenvalue weighted by Gasteiger charge is 2.34. The van der Waals surface area contributed by atoms with Crippen molar-refractivity contribution in [2.45, 2.75) is 30.3 Å². The normalized spacial score (nSPS) is 17.1. The standard InChI is InChI=1S/C26H26FNO6S/c1-31-23-10-16-7-8-28-15-18-12-24(32-2)26(34-35(29,30)20-6-4-5-19(27)13-20)11-17(18)9-22(28)21(16)14-25(23)33-3/h4-6,10-14,22H,7-9,15H2,1-3H3. The molecule has 0 radical (unpaired) electrons. The maximum absolute atomic E-state index is 13.6. The Hall–Kier alpha value is -3.30. The highest BCUT2D eigenvalue weighted by molar-refractivity contribution is 7.87. The molecule has 35 heavy (non-hydrogen) atoms. The fraction of sp³-hybridized carbons (Fsp3) is 0.308. The molecule has 1 atom stereocenters. The van der Waals surface area contributed by atoms with Gasteiger partial charge < -0.3 is 18.4 Å². The average Bonchev–Trinajstić information content (AvgIpc) is 2.86. The van der Waals surface area contributed by atoms with Gasteiger partial charge in [-0.3, -0.25) is 4.90 Å². The Labute approximate surface area is 204 Å². The second kappa shape index (κ2) is 9.05. The zero-order valence-electron chi connectivity index (χ0n) is 19.7. The highest BCUT2D eigenvalue weighted by atomic mass is 32.2. The first-order valence-corrected chi connectivity index (χ1v) is 12.6. The Kier molecular flexibility index (Phi) is 6.06. The number of ether oxygens (including phenoxy) is 3. The summed E-state index contributed by atoms with van der Waals surface area (Å²) in [5.74, 6) is 1.12. The first-order chi connectivity index (χ1) is 16.8. The van der Waals surface area contributed by atoms with Gasteiger partial charge in [-0.05, 0) is 77.6 Å². The number of fused-ring (bicyclic) bond motifs is 4. The lowest BCUT2D eigenvalue weighted by atomic mass is 9.83. The molecular weight excluding hydrogens is 473 g/mol. The number of hydrogen-bond acceptors (Lipinski definition) is 7. The van der Waals surface area contributed by atoms with Crippen molar-refractivity contribution in [3.63, 3.8) is 0 Å². The van der Waals surface area contributed by atoms with Crippen LogP contribution in [-0.2, 0) is 29.5 Å². The minimum absolute atomic E-state index is 0.0762. The smallest absolute Gasteiger partial charge is 0.339 e. The number of halogens is 1. The van der Waals surface area contributed by atoms with E-state index in [0.717, 1.165) is 30.2 Å². The Bertz CT molecular complexity index is 1390. The van der Waals surface area contributed by atoms with Crippen LogP contribution in [0.1, 0.15) is 28.3 Å². The Morgan fingerprint density at radius 3 is 2.23 bits per heavy atom. The molecule has 2 heterocycles. The molecule has 2 aliphatic rings. The van der Waals surface area contributed by atoms with Crippen molar-refractivity contribution < 1.29 is 31.2 Å². The van der Waals surface area contributed by atoms with E-state index in [2.05, 4.69) is 4.90 Å². The lowest BCUT2D eigenvalue weighted by Crippen LogP contribution is -2.39. The van der Waals surface area contributed by atoms with Crippen LogP contribution < -0.4 is 18.4 Å². The molecule has 0 saturated heterocycles. The second-order valence-corrected chi connectivity index (χ2v) is 10.2. The van der Waals surface area contributed by atoms with Gasteiger partial charge in [-0.25, -0.2) is 4.39 Å². The van der Waals surface area contributed by atoms with E-state index in [4.69, 9.17) is 18.4 Å². The van der Waals surface area contributed by atoms with Crippen molar-refractivity contribution in [1.29, 1.82) is 0 Å². The second-order valence-electron chi connectivity index (χ2n) is 8.61. The van der Waals surface area contributed by atoms with Gasteiger partial charge in [-0.1, -0.05) is 6.07 Å². The molecule has 2 aliphatic heterocycles. The van der Waals surface area contributed by atoms with Crippen LogP contribution in [0.15, 0.2) is 53.4 Å². The molecule has 0 aromatic heterocycles. The predicted octanol–water partition coefficient (Wildman–Crippen LogP) is 4.27. The van der Waals surface area contributed by atoms with Crippen LogP contribution in [0.4, 0.5) is 4.39 Å². The molecule has 3 aromatic rings. The van der Waals surface area contributed by atoms with Crippen molar-refractivity contribution in [2.75, 3.05) is 27.9 Å². The summed E-state index contributed by atoms with van der Waals surface area (Å²) in [6, 6.07) is 12.4. The first kappa shape index (κ1) is 23.4. The largest absolute Gasteiger partial charge is 0.493 e. The SMILES string of the molecule is COc1cc2c(cc1OC)C1Cc3cc(OS(=O)(=O)c4cccc(F)c4)c(OC)cc3CN1CC2. The fourth-order valence-electron chi connectivity index (χ4n) is 4.93. The number of nitrogens with zero attached hydrogens (tertiary/aromatic N) is 1. The summed E-state index contributed by atoms with van der Waals surface area (Å²) < 4.78 is 61.2. The van der Waals surface area contributed by atoms with Crippen LogP contribution in [-0.4, -0.2) is 41.2 Å². The molecule has 0 aliphatic carbocycles. The van der Waals surface area contributed by atoms with Crippen molar-refractivity contribution in [3.05, 3.63) is 76.6 Å². The zero-order valence-corrected chi connectivity index (χ0v) is 20.5. The molecular formula is C26H26FNO6S. The third-order valence-electron chi connectivity index (χ3n) is 6.67.